The molecule has 0 radical (unpaired) electrons. The summed E-state index contributed by atoms with van der Waals surface area (Å²) in [5, 5.41) is 17.9. The van der Waals surface area contributed by atoms with Crippen LogP contribution in [-0.2, 0) is 9.47 Å². The smallest absolute Gasteiger partial charge is 0.361 e. The van der Waals surface area contributed by atoms with Crippen molar-refractivity contribution in [1.82, 2.24) is 30.4 Å². The Morgan fingerprint density at radius 1 is 0.744 bits per heavy atom. The average Bonchev–Trinajstić information content (AvgIpc) is 2.94. The predicted molar refractivity (Wildman–Crippen MR) is 166 cm³/mol. The number of nitrogens with zero attached hydrogens (tertiary/aromatic N) is 6. The van der Waals surface area contributed by atoms with Crippen LogP contribution in [0.15, 0.2) is 36.4 Å². The normalized spacial score (nSPS) is 9.98. The maximum absolute atomic E-state index is 11.9. The molecule has 0 aliphatic rings. The fraction of sp³-hybridized carbons (Fsp3) is 0.286. The molecule has 4 heterocycles. The van der Waals surface area contributed by atoms with Gasteiger partial charge in [-0.15, -0.1) is 20.4 Å². The summed E-state index contributed by atoms with van der Waals surface area (Å²) in [4.78, 5) is 31.4. The summed E-state index contributed by atoms with van der Waals surface area (Å²) in [6, 6.07) is 10.4. The fourth-order valence-electron chi connectivity index (χ4n) is 2.99. The number of aromatic nitrogens is 6. The lowest BCUT2D eigenvalue weighted by Crippen LogP contribution is -2.12. The Bertz CT molecular complexity index is 1570. The number of aryl methyl sites for hydroxylation is 4. The number of esters is 2. The van der Waals surface area contributed by atoms with E-state index in [-0.39, 0.29) is 39.9 Å². The molecule has 0 saturated carbocycles. The number of ether oxygens (including phenoxy) is 2. The molecule has 4 aromatic heterocycles. The second kappa shape index (κ2) is 17.1. The minimum Gasteiger partial charge on any atom is -0.461 e. The van der Waals surface area contributed by atoms with E-state index in [1.54, 1.807) is 13.8 Å². The molecule has 0 fully saturated rings. The molecule has 3 N–H and O–H groups in total. The molecule has 4 aromatic rings. The zero-order valence-electron chi connectivity index (χ0n) is 24.4. The Morgan fingerprint density at radius 2 is 1.26 bits per heavy atom. The summed E-state index contributed by atoms with van der Waals surface area (Å²) in [7, 11) is 0. The van der Waals surface area contributed by atoms with E-state index in [9.17, 15) is 9.59 Å². The third kappa shape index (κ3) is 11.2. The molecule has 0 atom stereocenters. The number of halogens is 3. The topological polar surface area (TPSA) is 168 Å². The predicted octanol–water partition coefficient (Wildman–Crippen LogP) is 6.30. The molecule has 4 rings (SSSR count). The van der Waals surface area contributed by atoms with Gasteiger partial charge < -0.3 is 20.5 Å². The minimum atomic E-state index is -0.600. The van der Waals surface area contributed by atoms with Crippen LogP contribution in [0.1, 0.15) is 57.3 Å². The van der Waals surface area contributed by atoms with E-state index in [0.29, 0.717) is 17.3 Å². The van der Waals surface area contributed by atoms with Gasteiger partial charge in [0.15, 0.2) is 21.7 Å². The maximum Gasteiger partial charge on any atom is 0.361 e. The lowest BCUT2D eigenvalue weighted by molar-refractivity contribution is 0.0509. The van der Waals surface area contributed by atoms with Crippen LogP contribution in [0.3, 0.4) is 0 Å². The van der Waals surface area contributed by atoms with Crippen molar-refractivity contribution in [3.63, 3.8) is 0 Å². The van der Waals surface area contributed by atoms with Crippen LogP contribution in [-0.4, -0.2) is 55.5 Å². The number of rotatable bonds is 6. The number of carbonyl (C=O) groups is 2. The van der Waals surface area contributed by atoms with Crippen LogP contribution in [0.5, 0.6) is 0 Å². The van der Waals surface area contributed by atoms with Crippen LogP contribution in [0.25, 0.3) is 0 Å². The highest BCUT2D eigenvalue weighted by Crippen LogP contribution is 2.22. The number of nitrogens with one attached hydrogen (secondary N) is 1. The summed E-state index contributed by atoms with van der Waals surface area (Å²) in [6.45, 7) is 11.8. The number of pyridine rings is 2. The van der Waals surface area contributed by atoms with Gasteiger partial charge >= 0.3 is 11.9 Å². The first-order valence-electron chi connectivity index (χ1n) is 12.8. The molecule has 0 saturated heterocycles. The Kier molecular flexibility index (Phi) is 13.9. The Hall–Kier alpha value is -4.13. The molecule has 0 amide bonds. The van der Waals surface area contributed by atoms with Crippen LogP contribution in [0, 0.1) is 27.7 Å². The maximum atomic E-state index is 11.9. The quantitative estimate of drug-likeness (QED) is 0.224. The Balaban J connectivity index is 0.000000249. The second-order valence-corrected chi connectivity index (χ2v) is 9.78. The van der Waals surface area contributed by atoms with Gasteiger partial charge in [-0.2, -0.15) is 0 Å². The van der Waals surface area contributed by atoms with Crippen LogP contribution in [0.2, 0.25) is 15.3 Å². The highest BCUT2D eigenvalue weighted by Gasteiger charge is 2.17. The van der Waals surface area contributed by atoms with Crippen molar-refractivity contribution in [3.8, 4) is 0 Å². The summed E-state index contributed by atoms with van der Waals surface area (Å²) >= 11 is 17.0. The molecule has 0 aromatic carbocycles. The van der Waals surface area contributed by atoms with Gasteiger partial charge in [0.05, 0.1) is 23.9 Å². The van der Waals surface area contributed by atoms with Crippen molar-refractivity contribution in [2.24, 2.45) is 0 Å². The van der Waals surface area contributed by atoms with Crippen LogP contribution < -0.4 is 11.1 Å². The van der Waals surface area contributed by atoms with Crippen molar-refractivity contribution >= 4 is 64.1 Å². The molecule has 12 nitrogen and oxygen atoms in total. The van der Waals surface area contributed by atoms with Crippen molar-refractivity contribution in [2.45, 2.75) is 41.5 Å². The van der Waals surface area contributed by atoms with Gasteiger partial charge in [-0.25, -0.2) is 19.6 Å². The molecule has 0 unspecified atom stereocenters. The highest BCUT2D eigenvalue weighted by molar-refractivity contribution is 6.35. The fourth-order valence-corrected chi connectivity index (χ4v) is 3.55. The van der Waals surface area contributed by atoms with E-state index in [0.717, 1.165) is 17.0 Å². The van der Waals surface area contributed by atoms with E-state index < -0.39 is 11.9 Å². The van der Waals surface area contributed by atoms with Gasteiger partial charge in [-0.1, -0.05) is 46.9 Å². The van der Waals surface area contributed by atoms with Crippen molar-refractivity contribution < 1.29 is 19.1 Å². The van der Waals surface area contributed by atoms with E-state index in [1.807, 2.05) is 52.0 Å². The zero-order chi connectivity index (χ0) is 32.1. The third-order valence-electron chi connectivity index (χ3n) is 5.40. The standard InChI is InChI=1S/C14H15ClN4O2.C7H6Cl2N2O2.C7H10N2/c1-4-21-14(20)13-10(7-11(15)18-19-13)17-12-6-5-8(2)9(3)16-12;1-2-13-7(12)6-4(8)3-5(9)10-11-6;1-5-3-4-7(8)9-6(5)2/h5-7H,4H2,1-3H3,(H,16,17,18);3H,2H2,1H3;3-4H,1-2H3,(H2,8,9). The van der Waals surface area contributed by atoms with E-state index >= 15 is 0 Å². The zero-order valence-corrected chi connectivity index (χ0v) is 26.7. The number of carbonyl (C=O) groups excluding carboxylic acids is 2. The summed E-state index contributed by atoms with van der Waals surface area (Å²) < 4.78 is 9.62. The average molecular weight is 650 g/mol. The number of hydrogen-bond acceptors (Lipinski definition) is 12. The number of hydrogen-bond donors (Lipinski definition) is 2. The van der Waals surface area contributed by atoms with Crippen molar-refractivity contribution in [2.75, 3.05) is 24.3 Å². The van der Waals surface area contributed by atoms with Gasteiger partial charge in [0.25, 0.3) is 0 Å². The minimum absolute atomic E-state index is 0.0204. The van der Waals surface area contributed by atoms with E-state index in [1.165, 1.54) is 17.7 Å². The molecule has 0 spiro atoms. The first kappa shape index (κ1) is 35.1. The Morgan fingerprint density at radius 3 is 1.77 bits per heavy atom. The Labute approximate surface area is 264 Å². The van der Waals surface area contributed by atoms with Crippen LogP contribution in [0.4, 0.5) is 17.3 Å². The van der Waals surface area contributed by atoms with Crippen molar-refractivity contribution in [1.29, 1.82) is 0 Å². The summed E-state index contributed by atoms with van der Waals surface area (Å²) in [5.74, 6) is 0.0236. The monoisotopic (exact) mass is 648 g/mol. The van der Waals surface area contributed by atoms with Gasteiger partial charge in [-0.05, 0) is 70.9 Å². The molecule has 0 bridgehead atoms. The second-order valence-electron chi connectivity index (χ2n) is 8.60. The number of nitrogen functional groups attached to an aromatic ring is 1. The first-order valence-corrected chi connectivity index (χ1v) is 14.0. The highest BCUT2D eigenvalue weighted by atomic mass is 35.5. The molecule has 15 heteroatoms. The SMILES string of the molecule is CCOC(=O)c1nnc(Cl)cc1Cl.CCOC(=O)c1nnc(Cl)cc1Nc1ccc(C)c(C)n1.Cc1ccc(N)nc1C. The lowest BCUT2D eigenvalue weighted by atomic mass is 10.2. The summed E-state index contributed by atoms with van der Waals surface area (Å²) in [6.07, 6.45) is 0. The summed E-state index contributed by atoms with van der Waals surface area (Å²) in [5.41, 5.74) is 10.0. The van der Waals surface area contributed by atoms with Gasteiger partial charge in [-0.3, -0.25) is 0 Å². The van der Waals surface area contributed by atoms with Gasteiger partial charge in [0.2, 0.25) is 0 Å². The molecule has 0 aliphatic heterocycles. The molecule has 228 valence electrons. The lowest BCUT2D eigenvalue weighted by Gasteiger charge is -2.10. The third-order valence-corrected chi connectivity index (χ3v) is 6.06. The molecular weight excluding hydrogens is 619 g/mol. The van der Waals surface area contributed by atoms with Crippen molar-refractivity contribution in [3.05, 3.63) is 85.6 Å². The van der Waals surface area contributed by atoms with E-state index in [4.69, 9.17) is 45.3 Å². The molecule has 0 aliphatic carbocycles. The number of nitrogens with two attached hydrogens (primary N) is 1. The van der Waals surface area contributed by atoms with Gasteiger partial charge in [0, 0.05) is 17.5 Å². The van der Waals surface area contributed by atoms with E-state index in [2.05, 4.69) is 40.4 Å². The first-order chi connectivity index (χ1) is 20.4. The van der Waals surface area contributed by atoms with Crippen LogP contribution >= 0.6 is 34.8 Å². The molecular formula is C28H31Cl3N8O4. The molecule has 43 heavy (non-hydrogen) atoms. The van der Waals surface area contributed by atoms with Gasteiger partial charge in [0.1, 0.15) is 11.6 Å². The largest absolute Gasteiger partial charge is 0.461 e. The number of anilines is 3.